The topological polar surface area (TPSA) is 0 Å². The van der Waals surface area contributed by atoms with E-state index in [0.29, 0.717) is 0 Å². The molecule has 0 N–H and O–H groups in total. The lowest BCUT2D eigenvalue weighted by Gasteiger charge is -2.01. The van der Waals surface area contributed by atoms with E-state index in [1.165, 1.54) is 43.2 Å². The average Bonchev–Trinajstić information content (AvgIpc) is 2.83. The molecule has 1 aromatic heterocycles. The van der Waals surface area contributed by atoms with Gasteiger partial charge in [-0.2, -0.15) is 11.3 Å². The Kier molecular flexibility index (Phi) is 4.63. The Labute approximate surface area is 102 Å². The Morgan fingerprint density at radius 2 is 1.50 bits per heavy atom. The van der Waals surface area contributed by atoms with Crippen LogP contribution in [0.4, 0.5) is 0 Å². The third-order valence-corrected chi connectivity index (χ3v) is 3.59. The first kappa shape index (κ1) is 11.4. The molecule has 0 aliphatic heterocycles. The maximum absolute atomic E-state index is 2.26. The fraction of sp³-hybridized carbons (Fsp3) is 0.333. The highest BCUT2D eigenvalue weighted by Crippen LogP contribution is 2.12. The lowest BCUT2D eigenvalue weighted by Crippen LogP contribution is -1.87. The second kappa shape index (κ2) is 6.49. The summed E-state index contributed by atoms with van der Waals surface area (Å²) < 4.78 is 0. The summed E-state index contributed by atoms with van der Waals surface area (Å²) in [5.74, 6) is 0. The van der Waals surface area contributed by atoms with E-state index >= 15 is 0 Å². The van der Waals surface area contributed by atoms with Crippen LogP contribution in [0, 0.1) is 0 Å². The minimum Gasteiger partial charge on any atom is -0.152 e. The zero-order valence-corrected chi connectivity index (χ0v) is 10.4. The molecule has 0 saturated heterocycles. The monoisotopic (exact) mass is 230 g/mol. The van der Waals surface area contributed by atoms with E-state index in [-0.39, 0.29) is 0 Å². The molecule has 0 nitrogen and oxygen atoms in total. The van der Waals surface area contributed by atoms with Gasteiger partial charge in [-0.3, -0.25) is 0 Å². The van der Waals surface area contributed by atoms with Crippen molar-refractivity contribution in [2.24, 2.45) is 0 Å². The molecule has 0 radical (unpaired) electrons. The van der Waals surface area contributed by atoms with Crippen LogP contribution >= 0.6 is 11.3 Å². The second-order valence-corrected chi connectivity index (χ2v) is 4.96. The summed E-state index contributed by atoms with van der Waals surface area (Å²) in [7, 11) is 0. The van der Waals surface area contributed by atoms with Gasteiger partial charge < -0.3 is 0 Å². The van der Waals surface area contributed by atoms with E-state index in [2.05, 4.69) is 47.2 Å². The molecule has 84 valence electrons. The number of hydrogen-bond acceptors (Lipinski definition) is 1. The normalized spacial score (nSPS) is 10.5. The van der Waals surface area contributed by atoms with Crippen molar-refractivity contribution in [1.29, 1.82) is 0 Å². The molecule has 1 aromatic carbocycles. The van der Waals surface area contributed by atoms with Gasteiger partial charge in [0.2, 0.25) is 0 Å². The molecule has 0 atom stereocenters. The summed E-state index contributed by atoms with van der Waals surface area (Å²) in [6.07, 6.45) is 6.45. The minimum atomic E-state index is 1.23. The van der Waals surface area contributed by atoms with Gasteiger partial charge in [-0.05, 0) is 53.6 Å². The van der Waals surface area contributed by atoms with Crippen molar-refractivity contribution in [2.45, 2.75) is 32.1 Å². The van der Waals surface area contributed by atoms with Gasteiger partial charge in [0, 0.05) is 0 Å². The number of unbranched alkanes of at least 4 members (excludes halogenated alkanes) is 2. The molecular formula is C15H18S. The highest BCUT2D eigenvalue weighted by molar-refractivity contribution is 7.07. The molecule has 0 amide bonds. The Balaban J connectivity index is 1.59. The fourth-order valence-electron chi connectivity index (χ4n) is 1.91. The van der Waals surface area contributed by atoms with Crippen LogP contribution < -0.4 is 0 Å². The highest BCUT2D eigenvalue weighted by Gasteiger charge is 1.95. The molecule has 0 saturated carbocycles. The number of rotatable bonds is 6. The summed E-state index contributed by atoms with van der Waals surface area (Å²) in [5, 5.41) is 4.43. The lowest BCUT2D eigenvalue weighted by atomic mass is 10.0. The van der Waals surface area contributed by atoms with Crippen LogP contribution in [0.1, 0.15) is 30.4 Å². The van der Waals surface area contributed by atoms with Crippen LogP contribution in [0.25, 0.3) is 0 Å². The van der Waals surface area contributed by atoms with Gasteiger partial charge >= 0.3 is 0 Å². The zero-order chi connectivity index (χ0) is 11.1. The van der Waals surface area contributed by atoms with Crippen molar-refractivity contribution in [3.05, 3.63) is 58.3 Å². The maximum Gasteiger partial charge on any atom is -0.00613 e. The third-order valence-electron chi connectivity index (χ3n) is 2.85. The molecule has 0 spiro atoms. The van der Waals surface area contributed by atoms with Crippen molar-refractivity contribution >= 4 is 11.3 Å². The van der Waals surface area contributed by atoms with Crippen molar-refractivity contribution in [2.75, 3.05) is 0 Å². The van der Waals surface area contributed by atoms with E-state index in [0.717, 1.165) is 0 Å². The SMILES string of the molecule is c1ccc(CCCCCc2ccsc2)cc1. The van der Waals surface area contributed by atoms with E-state index in [9.17, 15) is 0 Å². The first-order valence-electron chi connectivity index (χ1n) is 6.00. The second-order valence-electron chi connectivity index (χ2n) is 4.18. The molecule has 2 rings (SSSR count). The van der Waals surface area contributed by atoms with Crippen LogP contribution in [0.2, 0.25) is 0 Å². The van der Waals surface area contributed by atoms with Crippen LogP contribution in [-0.4, -0.2) is 0 Å². The maximum atomic E-state index is 2.26. The Morgan fingerprint density at radius 3 is 2.19 bits per heavy atom. The van der Waals surface area contributed by atoms with Crippen molar-refractivity contribution in [3.8, 4) is 0 Å². The Bertz CT molecular complexity index is 375. The molecule has 0 fully saturated rings. The highest BCUT2D eigenvalue weighted by atomic mass is 32.1. The van der Waals surface area contributed by atoms with Crippen molar-refractivity contribution < 1.29 is 0 Å². The fourth-order valence-corrected chi connectivity index (χ4v) is 2.62. The zero-order valence-electron chi connectivity index (χ0n) is 9.56. The average molecular weight is 230 g/mol. The smallest absolute Gasteiger partial charge is 0.00613 e. The molecule has 0 bridgehead atoms. The van der Waals surface area contributed by atoms with Crippen LogP contribution in [0.15, 0.2) is 47.2 Å². The molecule has 0 aliphatic rings. The van der Waals surface area contributed by atoms with Gasteiger partial charge in [-0.1, -0.05) is 36.8 Å². The van der Waals surface area contributed by atoms with Crippen molar-refractivity contribution in [3.63, 3.8) is 0 Å². The van der Waals surface area contributed by atoms with E-state index in [1.807, 2.05) is 0 Å². The quantitative estimate of drug-likeness (QED) is 0.631. The van der Waals surface area contributed by atoms with Crippen LogP contribution in [0.3, 0.4) is 0 Å². The number of benzene rings is 1. The third kappa shape index (κ3) is 3.82. The standard InChI is InChI=1S/C15H18S/c1-3-7-14(8-4-1)9-5-2-6-10-15-11-12-16-13-15/h1,3-4,7-8,11-13H,2,5-6,9-10H2. The Morgan fingerprint density at radius 1 is 0.750 bits per heavy atom. The van der Waals surface area contributed by atoms with Gasteiger partial charge in [0.05, 0.1) is 0 Å². The van der Waals surface area contributed by atoms with Gasteiger partial charge in [0.25, 0.3) is 0 Å². The number of aryl methyl sites for hydroxylation is 2. The van der Waals surface area contributed by atoms with Crippen molar-refractivity contribution in [1.82, 2.24) is 0 Å². The summed E-state index contributed by atoms with van der Waals surface area (Å²) in [5.41, 5.74) is 2.97. The lowest BCUT2D eigenvalue weighted by molar-refractivity contribution is 0.679. The summed E-state index contributed by atoms with van der Waals surface area (Å²) >= 11 is 1.80. The van der Waals surface area contributed by atoms with E-state index in [1.54, 1.807) is 11.3 Å². The first-order valence-corrected chi connectivity index (χ1v) is 6.94. The van der Waals surface area contributed by atoms with E-state index < -0.39 is 0 Å². The van der Waals surface area contributed by atoms with Gasteiger partial charge in [-0.15, -0.1) is 0 Å². The summed E-state index contributed by atoms with van der Waals surface area (Å²) in [4.78, 5) is 0. The first-order chi connectivity index (χ1) is 7.95. The van der Waals surface area contributed by atoms with Gasteiger partial charge in [0.1, 0.15) is 0 Å². The largest absolute Gasteiger partial charge is 0.152 e. The predicted octanol–water partition coefficient (Wildman–Crippen LogP) is 4.70. The predicted molar refractivity (Wildman–Crippen MR) is 72.0 cm³/mol. The van der Waals surface area contributed by atoms with Crippen LogP contribution in [-0.2, 0) is 12.8 Å². The van der Waals surface area contributed by atoms with Gasteiger partial charge in [-0.25, -0.2) is 0 Å². The molecule has 2 aromatic rings. The molecule has 1 heterocycles. The minimum absolute atomic E-state index is 1.23. The summed E-state index contributed by atoms with van der Waals surface area (Å²) in [6, 6.07) is 13.0. The van der Waals surface area contributed by atoms with Gasteiger partial charge in [0.15, 0.2) is 0 Å². The summed E-state index contributed by atoms with van der Waals surface area (Å²) in [6.45, 7) is 0. The molecule has 0 aliphatic carbocycles. The number of thiophene rings is 1. The molecule has 16 heavy (non-hydrogen) atoms. The van der Waals surface area contributed by atoms with E-state index in [4.69, 9.17) is 0 Å². The number of hydrogen-bond donors (Lipinski definition) is 0. The van der Waals surface area contributed by atoms with Crippen LogP contribution in [0.5, 0.6) is 0 Å². The molecule has 0 unspecified atom stereocenters. The Hall–Kier alpha value is -1.08. The molecular weight excluding hydrogens is 212 g/mol. The molecule has 1 heteroatoms.